The Morgan fingerprint density at radius 2 is 1.77 bits per heavy atom. The van der Waals surface area contributed by atoms with Crippen molar-refractivity contribution >= 4 is 22.8 Å². The summed E-state index contributed by atoms with van der Waals surface area (Å²) in [5, 5.41) is 2.33. The first-order valence-electron chi connectivity index (χ1n) is 4.10. The SMILES string of the molecule is O=C=Cc1ccc2ccccc2c1. The third kappa shape index (κ3) is 1.51. The molecule has 0 atom stereocenters. The Labute approximate surface area is 76.3 Å². The summed E-state index contributed by atoms with van der Waals surface area (Å²) in [6.07, 6.45) is 1.44. The first-order chi connectivity index (χ1) is 6.40. The minimum Gasteiger partial charge on any atom is -0.233 e. The van der Waals surface area contributed by atoms with Crippen LogP contribution >= 0.6 is 0 Å². The number of fused-ring (bicyclic) bond motifs is 1. The zero-order valence-electron chi connectivity index (χ0n) is 7.03. The molecule has 2 aromatic rings. The van der Waals surface area contributed by atoms with Crippen LogP contribution < -0.4 is 0 Å². The average molecular weight is 168 g/mol. The lowest BCUT2D eigenvalue weighted by Gasteiger charge is -1.97. The maximum atomic E-state index is 10.1. The third-order valence-electron chi connectivity index (χ3n) is 2.00. The summed E-state index contributed by atoms with van der Waals surface area (Å²) in [7, 11) is 0. The van der Waals surface area contributed by atoms with Crippen LogP contribution in [0.2, 0.25) is 0 Å². The summed E-state index contributed by atoms with van der Waals surface area (Å²) in [6, 6.07) is 13.9. The van der Waals surface area contributed by atoms with Crippen molar-refractivity contribution in [2.24, 2.45) is 0 Å². The smallest absolute Gasteiger partial charge is 0.125 e. The first kappa shape index (κ1) is 7.78. The molecular formula is C12H8O. The van der Waals surface area contributed by atoms with Gasteiger partial charge in [0.1, 0.15) is 5.94 Å². The van der Waals surface area contributed by atoms with E-state index in [0.29, 0.717) is 0 Å². The first-order valence-corrected chi connectivity index (χ1v) is 4.10. The molecule has 0 amide bonds. The fraction of sp³-hybridized carbons (Fsp3) is 0. The molecule has 13 heavy (non-hydrogen) atoms. The van der Waals surface area contributed by atoms with Crippen molar-refractivity contribution in [2.45, 2.75) is 0 Å². The summed E-state index contributed by atoms with van der Waals surface area (Å²) in [5.74, 6) is 1.77. The maximum Gasteiger partial charge on any atom is 0.125 e. The second-order valence-corrected chi connectivity index (χ2v) is 2.87. The number of hydrogen-bond donors (Lipinski definition) is 0. The molecule has 1 nitrogen and oxygen atoms in total. The summed E-state index contributed by atoms with van der Waals surface area (Å²) in [4.78, 5) is 10.1. The normalized spacial score (nSPS) is 9.54. The van der Waals surface area contributed by atoms with Gasteiger partial charge >= 0.3 is 0 Å². The van der Waals surface area contributed by atoms with Crippen molar-refractivity contribution in [2.75, 3.05) is 0 Å². The van der Waals surface area contributed by atoms with Gasteiger partial charge in [-0.3, -0.25) is 0 Å². The summed E-state index contributed by atoms with van der Waals surface area (Å²) in [6.45, 7) is 0. The van der Waals surface area contributed by atoms with Crippen LogP contribution in [-0.2, 0) is 4.79 Å². The fourth-order valence-corrected chi connectivity index (χ4v) is 1.37. The molecule has 0 spiro atoms. The molecule has 1 heteroatoms. The molecule has 0 bridgehead atoms. The Hall–Kier alpha value is -1.85. The molecule has 0 N–H and O–H groups in total. The van der Waals surface area contributed by atoms with E-state index in [0.717, 1.165) is 10.9 Å². The number of carbonyl (C=O) groups excluding carboxylic acids is 1. The average Bonchev–Trinajstić information content (AvgIpc) is 2.18. The molecule has 0 saturated heterocycles. The predicted molar refractivity (Wildman–Crippen MR) is 54.1 cm³/mol. The highest BCUT2D eigenvalue weighted by Gasteiger charge is 1.92. The van der Waals surface area contributed by atoms with Gasteiger partial charge in [0.05, 0.1) is 0 Å². The van der Waals surface area contributed by atoms with Crippen molar-refractivity contribution in [3.05, 3.63) is 48.0 Å². The van der Waals surface area contributed by atoms with Gasteiger partial charge in [0.2, 0.25) is 0 Å². The van der Waals surface area contributed by atoms with Crippen molar-refractivity contribution in [1.29, 1.82) is 0 Å². The number of rotatable bonds is 1. The van der Waals surface area contributed by atoms with Crippen molar-refractivity contribution in [1.82, 2.24) is 0 Å². The topological polar surface area (TPSA) is 17.1 Å². The zero-order valence-corrected chi connectivity index (χ0v) is 7.03. The summed E-state index contributed by atoms with van der Waals surface area (Å²) >= 11 is 0. The maximum absolute atomic E-state index is 10.1. The van der Waals surface area contributed by atoms with Gasteiger partial charge in [-0.25, -0.2) is 4.79 Å². The number of hydrogen-bond acceptors (Lipinski definition) is 1. The minimum atomic E-state index is 0.897. The van der Waals surface area contributed by atoms with E-state index in [1.54, 1.807) is 5.94 Å². The Morgan fingerprint density at radius 1 is 1.00 bits per heavy atom. The van der Waals surface area contributed by atoms with Crippen LogP contribution in [0.1, 0.15) is 5.56 Å². The van der Waals surface area contributed by atoms with Crippen LogP contribution in [0.4, 0.5) is 0 Å². The largest absolute Gasteiger partial charge is 0.233 e. The molecule has 0 radical (unpaired) electrons. The molecule has 62 valence electrons. The van der Waals surface area contributed by atoms with Crippen LogP contribution in [0.3, 0.4) is 0 Å². The second-order valence-electron chi connectivity index (χ2n) is 2.87. The molecule has 0 aromatic heterocycles. The quantitative estimate of drug-likeness (QED) is 0.598. The Morgan fingerprint density at radius 3 is 2.54 bits per heavy atom. The van der Waals surface area contributed by atoms with Gasteiger partial charge < -0.3 is 0 Å². The van der Waals surface area contributed by atoms with E-state index < -0.39 is 0 Å². The lowest BCUT2D eigenvalue weighted by molar-refractivity contribution is 0.570. The molecule has 0 aliphatic heterocycles. The van der Waals surface area contributed by atoms with E-state index in [2.05, 4.69) is 0 Å². The lowest BCUT2D eigenvalue weighted by Crippen LogP contribution is -1.74. The van der Waals surface area contributed by atoms with E-state index in [9.17, 15) is 4.79 Å². The van der Waals surface area contributed by atoms with Gasteiger partial charge in [-0.05, 0) is 22.4 Å². The molecule has 2 aromatic carbocycles. The second kappa shape index (κ2) is 3.26. The molecule has 0 saturated carbocycles. The highest BCUT2D eigenvalue weighted by Crippen LogP contribution is 2.15. The monoisotopic (exact) mass is 168 g/mol. The molecule has 0 aliphatic rings. The van der Waals surface area contributed by atoms with E-state index in [1.807, 2.05) is 42.5 Å². The van der Waals surface area contributed by atoms with Crippen molar-refractivity contribution in [3.8, 4) is 0 Å². The zero-order chi connectivity index (χ0) is 9.10. The van der Waals surface area contributed by atoms with Crippen molar-refractivity contribution in [3.63, 3.8) is 0 Å². The highest BCUT2D eigenvalue weighted by atomic mass is 16.1. The molecule has 2 rings (SSSR count). The van der Waals surface area contributed by atoms with Crippen LogP contribution in [0, 0.1) is 0 Å². The molecule has 0 unspecified atom stereocenters. The summed E-state index contributed by atoms with van der Waals surface area (Å²) in [5.41, 5.74) is 0.897. The van der Waals surface area contributed by atoms with Crippen LogP contribution in [0.25, 0.3) is 16.8 Å². The van der Waals surface area contributed by atoms with E-state index in [-0.39, 0.29) is 0 Å². The molecule has 0 aliphatic carbocycles. The summed E-state index contributed by atoms with van der Waals surface area (Å²) < 4.78 is 0. The van der Waals surface area contributed by atoms with Crippen LogP contribution in [0.5, 0.6) is 0 Å². The highest BCUT2D eigenvalue weighted by molar-refractivity contribution is 5.87. The van der Waals surface area contributed by atoms with Gasteiger partial charge in [0, 0.05) is 6.08 Å². The van der Waals surface area contributed by atoms with Crippen LogP contribution in [-0.4, -0.2) is 5.94 Å². The Kier molecular flexibility index (Phi) is 1.95. The van der Waals surface area contributed by atoms with E-state index in [4.69, 9.17) is 0 Å². The molecule has 0 fully saturated rings. The lowest BCUT2D eigenvalue weighted by atomic mass is 10.1. The van der Waals surface area contributed by atoms with E-state index in [1.165, 1.54) is 11.5 Å². The van der Waals surface area contributed by atoms with Gasteiger partial charge in [0.15, 0.2) is 0 Å². The van der Waals surface area contributed by atoms with Gasteiger partial charge in [-0.1, -0.05) is 36.4 Å². The standard InChI is InChI=1S/C12H8O/c13-8-7-10-5-6-11-3-1-2-4-12(11)9-10/h1-7,9H. The Bertz CT molecular complexity index is 479. The van der Waals surface area contributed by atoms with Gasteiger partial charge in [0.25, 0.3) is 0 Å². The number of benzene rings is 2. The predicted octanol–water partition coefficient (Wildman–Crippen LogP) is 2.68. The fourth-order valence-electron chi connectivity index (χ4n) is 1.37. The van der Waals surface area contributed by atoms with E-state index >= 15 is 0 Å². The minimum absolute atomic E-state index is 0.897. The Balaban J connectivity index is 2.68. The molecule has 0 heterocycles. The van der Waals surface area contributed by atoms with Gasteiger partial charge in [-0.15, -0.1) is 0 Å². The third-order valence-corrected chi connectivity index (χ3v) is 2.00. The molecular weight excluding hydrogens is 160 g/mol. The van der Waals surface area contributed by atoms with Crippen molar-refractivity contribution < 1.29 is 4.79 Å². The van der Waals surface area contributed by atoms with Gasteiger partial charge in [-0.2, -0.15) is 0 Å². The van der Waals surface area contributed by atoms with Crippen LogP contribution in [0.15, 0.2) is 42.5 Å².